The summed E-state index contributed by atoms with van der Waals surface area (Å²) >= 11 is 6.33. The number of nitrogens with two attached hydrogens (primary N) is 1. The maximum absolute atomic E-state index is 11.6. The van der Waals surface area contributed by atoms with Crippen molar-refractivity contribution < 1.29 is 12.8 Å². The third-order valence-electron chi connectivity index (χ3n) is 4.76. The Hall–Kier alpha value is -2.93. The van der Waals surface area contributed by atoms with E-state index in [0.717, 1.165) is 22.3 Å². The summed E-state index contributed by atoms with van der Waals surface area (Å²) in [6.07, 6.45) is 0.530. The van der Waals surface area contributed by atoms with Crippen LogP contribution in [0.15, 0.2) is 82.1 Å². The molecule has 0 saturated carbocycles. The van der Waals surface area contributed by atoms with Crippen molar-refractivity contribution in [3.63, 3.8) is 0 Å². The molecule has 1 heterocycles. The zero-order chi connectivity index (χ0) is 21.3. The molecule has 0 aliphatic rings. The molecule has 1 aromatic heterocycles. The number of hydrogen-bond donors (Lipinski definition) is 1. The highest BCUT2D eigenvalue weighted by Gasteiger charge is 2.19. The van der Waals surface area contributed by atoms with Crippen LogP contribution in [0.25, 0.3) is 22.6 Å². The van der Waals surface area contributed by atoms with Crippen molar-refractivity contribution in [3.8, 4) is 22.6 Å². The molecule has 0 atom stereocenters. The van der Waals surface area contributed by atoms with E-state index in [9.17, 15) is 8.42 Å². The molecule has 4 aromatic rings. The van der Waals surface area contributed by atoms with Gasteiger partial charge in [0, 0.05) is 22.6 Å². The SMILES string of the molecule is Cc1ccc(-c2oc(Cc3ccccc3)nc2-c2ccc(S(N)(=O)=O)cc2)cc1Cl. The lowest BCUT2D eigenvalue weighted by molar-refractivity contribution is 0.519. The molecular formula is C23H19ClN2O3S. The average molecular weight is 439 g/mol. The summed E-state index contributed by atoms with van der Waals surface area (Å²) in [5, 5.41) is 5.84. The van der Waals surface area contributed by atoms with Crippen molar-refractivity contribution in [3.05, 3.63) is 94.8 Å². The van der Waals surface area contributed by atoms with Gasteiger partial charge in [-0.25, -0.2) is 18.5 Å². The summed E-state index contributed by atoms with van der Waals surface area (Å²) in [5.41, 5.74) is 4.16. The van der Waals surface area contributed by atoms with Gasteiger partial charge in [0.05, 0.1) is 4.90 Å². The number of oxazole rings is 1. The Balaban J connectivity index is 1.81. The third kappa shape index (κ3) is 4.31. The highest BCUT2D eigenvalue weighted by atomic mass is 35.5. The van der Waals surface area contributed by atoms with Crippen LogP contribution >= 0.6 is 11.6 Å². The number of nitrogens with zero attached hydrogens (tertiary/aromatic N) is 1. The van der Waals surface area contributed by atoms with E-state index in [1.54, 1.807) is 12.1 Å². The van der Waals surface area contributed by atoms with E-state index in [-0.39, 0.29) is 4.90 Å². The van der Waals surface area contributed by atoms with Crippen molar-refractivity contribution >= 4 is 21.6 Å². The van der Waals surface area contributed by atoms with Gasteiger partial charge in [0.1, 0.15) is 5.69 Å². The summed E-state index contributed by atoms with van der Waals surface area (Å²) in [4.78, 5) is 4.75. The van der Waals surface area contributed by atoms with Gasteiger partial charge < -0.3 is 4.42 Å². The number of halogens is 1. The van der Waals surface area contributed by atoms with E-state index in [1.165, 1.54) is 12.1 Å². The maximum Gasteiger partial charge on any atom is 0.238 e. The molecule has 5 nitrogen and oxygen atoms in total. The molecule has 0 aliphatic heterocycles. The first-order valence-corrected chi connectivity index (χ1v) is 11.2. The number of benzene rings is 3. The standard InChI is InChI=1S/C23H19ClN2O3S/c1-15-7-8-18(14-20(15)24)23-22(17-9-11-19(12-10-17)30(25,27)28)26-21(29-23)13-16-5-3-2-4-6-16/h2-12,14H,13H2,1H3,(H2,25,27,28). The van der Waals surface area contributed by atoms with Crippen LogP contribution in [-0.2, 0) is 16.4 Å². The van der Waals surface area contributed by atoms with Crippen LogP contribution < -0.4 is 5.14 Å². The van der Waals surface area contributed by atoms with Crippen LogP contribution in [0, 0.1) is 6.92 Å². The molecule has 2 N–H and O–H groups in total. The molecule has 30 heavy (non-hydrogen) atoms. The first-order valence-electron chi connectivity index (χ1n) is 9.24. The summed E-state index contributed by atoms with van der Waals surface area (Å²) in [5.74, 6) is 1.13. The van der Waals surface area contributed by atoms with Gasteiger partial charge in [-0.05, 0) is 36.2 Å². The normalized spacial score (nSPS) is 11.6. The van der Waals surface area contributed by atoms with Gasteiger partial charge in [0.2, 0.25) is 10.0 Å². The highest BCUT2D eigenvalue weighted by molar-refractivity contribution is 7.89. The zero-order valence-corrected chi connectivity index (χ0v) is 17.7. The summed E-state index contributed by atoms with van der Waals surface area (Å²) in [6, 6.07) is 21.8. The second-order valence-corrected chi connectivity index (χ2v) is 8.95. The van der Waals surface area contributed by atoms with Crippen molar-refractivity contribution in [2.45, 2.75) is 18.2 Å². The van der Waals surface area contributed by atoms with E-state index < -0.39 is 10.0 Å². The van der Waals surface area contributed by atoms with Crippen molar-refractivity contribution in [2.75, 3.05) is 0 Å². The highest BCUT2D eigenvalue weighted by Crippen LogP contribution is 2.35. The Morgan fingerprint density at radius 3 is 2.27 bits per heavy atom. The number of aryl methyl sites for hydroxylation is 1. The molecule has 0 saturated heterocycles. The van der Waals surface area contributed by atoms with Gasteiger partial charge in [-0.1, -0.05) is 66.2 Å². The van der Waals surface area contributed by atoms with E-state index in [4.69, 9.17) is 26.1 Å². The van der Waals surface area contributed by atoms with Gasteiger partial charge in [-0.2, -0.15) is 0 Å². The lowest BCUT2D eigenvalue weighted by atomic mass is 10.0. The Labute approximate surface area is 180 Å². The molecule has 0 spiro atoms. The van der Waals surface area contributed by atoms with Gasteiger partial charge >= 0.3 is 0 Å². The largest absolute Gasteiger partial charge is 0.440 e. The summed E-state index contributed by atoms with van der Waals surface area (Å²) in [6.45, 7) is 1.93. The number of aromatic nitrogens is 1. The molecule has 0 radical (unpaired) electrons. The predicted molar refractivity (Wildman–Crippen MR) is 118 cm³/mol. The molecule has 3 aromatic carbocycles. The van der Waals surface area contributed by atoms with E-state index in [2.05, 4.69) is 0 Å². The fraction of sp³-hybridized carbons (Fsp3) is 0.0870. The minimum atomic E-state index is -3.77. The zero-order valence-electron chi connectivity index (χ0n) is 16.2. The Bertz CT molecular complexity index is 1300. The van der Waals surface area contributed by atoms with Gasteiger partial charge in [-0.3, -0.25) is 0 Å². The molecule has 0 aliphatic carbocycles. The fourth-order valence-electron chi connectivity index (χ4n) is 3.14. The van der Waals surface area contributed by atoms with Crippen molar-refractivity contribution in [1.82, 2.24) is 4.98 Å². The van der Waals surface area contributed by atoms with Gasteiger partial charge in [0.15, 0.2) is 11.7 Å². The van der Waals surface area contributed by atoms with Crippen LogP contribution in [0.4, 0.5) is 0 Å². The first kappa shape index (κ1) is 20.3. The molecule has 0 fully saturated rings. The number of sulfonamides is 1. The van der Waals surface area contributed by atoms with E-state index >= 15 is 0 Å². The fourth-order valence-corrected chi connectivity index (χ4v) is 3.83. The summed E-state index contributed by atoms with van der Waals surface area (Å²) in [7, 11) is -3.77. The number of rotatable bonds is 5. The molecule has 0 amide bonds. The number of hydrogen-bond acceptors (Lipinski definition) is 4. The minimum Gasteiger partial charge on any atom is -0.440 e. The molecule has 0 bridgehead atoms. The van der Waals surface area contributed by atoms with E-state index in [0.29, 0.717) is 28.8 Å². The van der Waals surface area contributed by atoms with E-state index in [1.807, 2.05) is 55.5 Å². The molecule has 152 valence electrons. The van der Waals surface area contributed by atoms with Gasteiger partial charge in [0.25, 0.3) is 0 Å². The van der Waals surface area contributed by atoms with Crippen LogP contribution in [-0.4, -0.2) is 13.4 Å². The van der Waals surface area contributed by atoms with Crippen molar-refractivity contribution in [1.29, 1.82) is 0 Å². The molecule has 4 rings (SSSR count). The quantitative estimate of drug-likeness (QED) is 0.463. The van der Waals surface area contributed by atoms with Crippen LogP contribution in [0.1, 0.15) is 17.0 Å². The smallest absolute Gasteiger partial charge is 0.238 e. The molecular weight excluding hydrogens is 420 g/mol. The second-order valence-electron chi connectivity index (χ2n) is 6.98. The summed E-state index contributed by atoms with van der Waals surface area (Å²) < 4.78 is 29.3. The monoisotopic (exact) mass is 438 g/mol. The molecule has 0 unspecified atom stereocenters. The third-order valence-corrected chi connectivity index (χ3v) is 6.10. The lowest BCUT2D eigenvalue weighted by Gasteiger charge is -2.05. The van der Waals surface area contributed by atoms with Gasteiger partial charge in [-0.15, -0.1) is 0 Å². The molecule has 7 heteroatoms. The topological polar surface area (TPSA) is 86.2 Å². The van der Waals surface area contributed by atoms with Crippen LogP contribution in [0.2, 0.25) is 5.02 Å². The van der Waals surface area contributed by atoms with Crippen LogP contribution in [0.3, 0.4) is 0 Å². The minimum absolute atomic E-state index is 0.0409. The predicted octanol–water partition coefficient (Wildman–Crippen LogP) is 5.21. The lowest BCUT2D eigenvalue weighted by Crippen LogP contribution is -2.11. The van der Waals surface area contributed by atoms with Crippen LogP contribution in [0.5, 0.6) is 0 Å². The maximum atomic E-state index is 11.6. The Morgan fingerprint density at radius 1 is 0.967 bits per heavy atom. The second kappa shape index (κ2) is 8.07. The average Bonchev–Trinajstić information content (AvgIpc) is 3.14. The Morgan fingerprint density at radius 2 is 1.63 bits per heavy atom. The Kier molecular flexibility index (Phi) is 5.47. The number of primary sulfonamides is 1. The first-order chi connectivity index (χ1) is 14.3. The van der Waals surface area contributed by atoms with Crippen molar-refractivity contribution in [2.24, 2.45) is 5.14 Å².